The van der Waals surface area contributed by atoms with Crippen molar-refractivity contribution in [2.45, 2.75) is 39.7 Å². The number of benzene rings is 1. The summed E-state index contributed by atoms with van der Waals surface area (Å²) in [6.07, 6.45) is 1.93. The first-order chi connectivity index (χ1) is 9.65. The van der Waals surface area contributed by atoms with Crippen LogP contribution in [0.1, 0.15) is 32.8 Å². The fourth-order valence-electron chi connectivity index (χ4n) is 1.96. The van der Waals surface area contributed by atoms with E-state index >= 15 is 0 Å². The molecule has 0 saturated carbocycles. The Labute approximate surface area is 121 Å². The fourth-order valence-corrected chi connectivity index (χ4v) is 1.96. The summed E-state index contributed by atoms with van der Waals surface area (Å²) in [7, 11) is 0. The van der Waals surface area contributed by atoms with Crippen LogP contribution in [0.4, 0.5) is 0 Å². The molecule has 0 saturated heterocycles. The van der Waals surface area contributed by atoms with Gasteiger partial charge in [0.25, 0.3) is 5.91 Å². The molecule has 0 aliphatic carbocycles. The van der Waals surface area contributed by atoms with Crippen LogP contribution in [0.25, 0.3) is 0 Å². The molecule has 0 aliphatic rings. The highest BCUT2D eigenvalue weighted by Gasteiger charge is 2.04. The number of likely N-dealkylation sites (N-methyl/N-ethyl adjacent to an activating group) is 1. The molecular formula is C16H26N2O2. The van der Waals surface area contributed by atoms with E-state index < -0.39 is 0 Å². The molecule has 112 valence electrons. The zero-order valence-electron chi connectivity index (χ0n) is 12.7. The van der Waals surface area contributed by atoms with Gasteiger partial charge in [0.15, 0.2) is 6.61 Å². The largest absolute Gasteiger partial charge is 0.484 e. The van der Waals surface area contributed by atoms with Gasteiger partial charge in [0.1, 0.15) is 5.75 Å². The topological polar surface area (TPSA) is 50.4 Å². The van der Waals surface area contributed by atoms with Crippen molar-refractivity contribution in [3.63, 3.8) is 0 Å². The molecular weight excluding hydrogens is 252 g/mol. The number of carbonyl (C=O) groups excluding carboxylic acids is 1. The van der Waals surface area contributed by atoms with Gasteiger partial charge in [0.2, 0.25) is 0 Å². The average molecular weight is 278 g/mol. The molecule has 0 aliphatic heterocycles. The van der Waals surface area contributed by atoms with E-state index in [4.69, 9.17) is 4.74 Å². The van der Waals surface area contributed by atoms with E-state index in [0.717, 1.165) is 25.1 Å². The molecule has 20 heavy (non-hydrogen) atoms. The molecule has 1 rings (SSSR count). The number of hydrogen-bond donors (Lipinski definition) is 2. The Bertz CT molecular complexity index is 390. The van der Waals surface area contributed by atoms with Crippen LogP contribution >= 0.6 is 0 Å². The van der Waals surface area contributed by atoms with Crippen LogP contribution in [0, 0.1) is 0 Å². The molecule has 0 aromatic heterocycles. The highest BCUT2D eigenvalue weighted by atomic mass is 16.5. The minimum absolute atomic E-state index is 0.0725. The first kappa shape index (κ1) is 16.5. The van der Waals surface area contributed by atoms with Crippen molar-refractivity contribution in [3.05, 3.63) is 29.8 Å². The van der Waals surface area contributed by atoms with Crippen LogP contribution in [-0.2, 0) is 11.2 Å². The van der Waals surface area contributed by atoms with Crippen molar-refractivity contribution in [2.24, 2.45) is 0 Å². The lowest BCUT2D eigenvalue weighted by molar-refractivity contribution is -0.123. The first-order valence-electron chi connectivity index (χ1n) is 7.37. The summed E-state index contributed by atoms with van der Waals surface area (Å²) >= 11 is 0. The highest BCUT2D eigenvalue weighted by Crippen LogP contribution is 2.13. The van der Waals surface area contributed by atoms with Gasteiger partial charge in [0.05, 0.1) is 0 Å². The number of ether oxygens (including phenoxy) is 1. The summed E-state index contributed by atoms with van der Waals surface area (Å²) < 4.78 is 5.44. The molecule has 0 spiro atoms. The van der Waals surface area contributed by atoms with Gasteiger partial charge in [-0.2, -0.15) is 0 Å². The average Bonchev–Trinajstić information content (AvgIpc) is 2.44. The van der Waals surface area contributed by atoms with Crippen LogP contribution in [0.2, 0.25) is 0 Å². The third-order valence-corrected chi connectivity index (χ3v) is 2.96. The Hall–Kier alpha value is -1.55. The minimum Gasteiger partial charge on any atom is -0.484 e. The number of carbonyl (C=O) groups is 1. The molecule has 1 aromatic rings. The lowest BCUT2D eigenvalue weighted by atomic mass is 10.1. The summed E-state index contributed by atoms with van der Waals surface area (Å²) in [6, 6.07) is 8.40. The molecule has 1 atom stereocenters. The van der Waals surface area contributed by atoms with Crippen LogP contribution in [0.3, 0.4) is 0 Å². The molecule has 1 amide bonds. The monoisotopic (exact) mass is 278 g/mol. The van der Waals surface area contributed by atoms with Gasteiger partial charge in [-0.3, -0.25) is 4.79 Å². The molecule has 4 nitrogen and oxygen atoms in total. The maximum Gasteiger partial charge on any atom is 0.257 e. The van der Waals surface area contributed by atoms with Gasteiger partial charge in [-0.1, -0.05) is 26.0 Å². The number of hydrogen-bond acceptors (Lipinski definition) is 3. The molecule has 4 heteroatoms. The van der Waals surface area contributed by atoms with E-state index in [9.17, 15) is 4.79 Å². The quantitative estimate of drug-likeness (QED) is 0.727. The Morgan fingerprint density at radius 1 is 1.25 bits per heavy atom. The number of rotatable bonds is 9. The number of amides is 1. The van der Waals surface area contributed by atoms with E-state index in [0.29, 0.717) is 12.6 Å². The highest BCUT2D eigenvalue weighted by molar-refractivity contribution is 5.77. The second kappa shape index (κ2) is 9.37. The Morgan fingerprint density at radius 2 is 1.95 bits per heavy atom. The minimum atomic E-state index is -0.0725. The smallest absolute Gasteiger partial charge is 0.257 e. The molecule has 1 aromatic carbocycles. The lowest BCUT2D eigenvalue weighted by Crippen LogP contribution is -2.29. The molecule has 2 N–H and O–H groups in total. The zero-order valence-corrected chi connectivity index (χ0v) is 12.7. The van der Waals surface area contributed by atoms with Crippen LogP contribution in [0.5, 0.6) is 5.75 Å². The van der Waals surface area contributed by atoms with Gasteiger partial charge in [-0.15, -0.1) is 0 Å². The van der Waals surface area contributed by atoms with E-state index in [2.05, 4.69) is 24.5 Å². The van der Waals surface area contributed by atoms with Crippen molar-refractivity contribution >= 4 is 5.91 Å². The second-order valence-corrected chi connectivity index (χ2v) is 4.95. The van der Waals surface area contributed by atoms with Crippen molar-refractivity contribution in [2.75, 3.05) is 19.7 Å². The third-order valence-electron chi connectivity index (χ3n) is 2.96. The van der Waals surface area contributed by atoms with Crippen LogP contribution < -0.4 is 15.4 Å². The Balaban J connectivity index is 2.36. The normalized spacial score (nSPS) is 11.9. The van der Waals surface area contributed by atoms with Gasteiger partial charge in [-0.05, 0) is 44.0 Å². The third kappa shape index (κ3) is 6.57. The maximum absolute atomic E-state index is 11.4. The van der Waals surface area contributed by atoms with E-state index in [1.165, 1.54) is 5.56 Å². The van der Waals surface area contributed by atoms with Gasteiger partial charge in [0, 0.05) is 12.6 Å². The SMILES string of the molecule is CCCNC(=O)COc1ccc(CC(C)NCC)cc1. The fraction of sp³-hybridized carbons (Fsp3) is 0.562. The molecule has 0 bridgehead atoms. The van der Waals surface area contributed by atoms with Crippen LogP contribution in [-0.4, -0.2) is 31.6 Å². The standard InChI is InChI=1S/C16H26N2O2/c1-4-10-18-16(19)12-20-15-8-6-14(7-9-15)11-13(3)17-5-2/h6-9,13,17H,4-5,10-12H2,1-3H3,(H,18,19). The summed E-state index contributed by atoms with van der Waals surface area (Å²) in [5.74, 6) is 0.660. The van der Waals surface area contributed by atoms with Gasteiger partial charge < -0.3 is 15.4 Å². The molecule has 0 radical (unpaired) electrons. The van der Waals surface area contributed by atoms with Crippen LogP contribution in [0.15, 0.2) is 24.3 Å². The summed E-state index contributed by atoms with van der Waals surface area (Å²) in [5, 5.41) is 6.17. The Morgan fingerprint density at radius 3 is 2.55 bits per heavy atom. The predicted octanol–water partition coefficient (Wildman–Crippen LogP) is 2.13. The predicted molar refractivity (Wildman–Crippen MR) is 82.1 cm³/mol. The van der Waals surface area contributed by atoms with E-state index in [-0.39, 0.29) is 12.5 Å². The zero-order chi connectivity index (χ0) is 14.8. The molecule has 0 fully saturated rings. The summed E-state index contributed by atoms with van der Waals surface area (Å²) in [4.78, 5) is 11.4. The molecule has 1 unspecified atom stereocenters. The number of nitrogens with one attached hydrogen (secondary N) is 2. The van der Waals surface area contributed by atoms with Crippen molar-refractivity contribution in [1.29, 1.82) is 0 Å². The first-order valence-corrected chi connectivity index (χ1v) is 7.37. The summed E-state index contributed by atoms with van der Waals surface area (Å²) in [6.45, 7) is 8.06. The maximum atomic E-state index is 11.4. The van der Waals surface area contributed by atoms with Crippen molar-refractivity contribution in [3.8, 4) is 5.75 Å². The van der Waals surface area contributed by atoms with Crippen molar-refractivity contribution < 1.29 is 9.53 Å². The molecule has 0 heterocycles. The Kier molecular flexibility index (Phi) is 7.73. The van der Waals surface area contributed by atoms with E-state index in [1.54, 1.807) is 0 Å². The van der Waals surface area contributed by atoms with E-state index in [1.807, 2.05) is 31.2 Å². The second-order valence-electron chi connectivity index (χ2n) is 4.95. The van der Waals surface area contributed by atoms with Gasteiger partial charge >= 0.3 is 0 Å². The summed E-state index contributed by atoms with van der Waals surface area (Å²) in [5.41, 5.74) is 1.27. The van der Waals surface area contributed by atoms with Crippen molar-refractivity contribution in [1.82, 2.24) is 10.6 Å². The lowest BCUT2D eigenvalue weighted by Gasteiger charge is -2.12. The van der Waals surface area contributed by atoms with Gasteiger partial charge in [-0.25, -0.2) is 0 Å².